The Kier molecular flexibility index (Phi) is 5.00. The summed E-state index contributed by atoms with van der Waals surface area (Å²) in [5, 5.41) is 0.789. The first kappa shape index (κ1) is 19.0. The van der Waals surface area contributed by atoms with E-state index in [1.807, 2.05) is 17.0 Å². The van der Waals surface area contributed by atoms with Crippen molar-refractivity contribution in [2.45, 2.75) is 51.2 Å². The maximum absolute atomic E-state index is 13.6. The van der Waals surface area contributed by atoms with Crippen molar-refractivity contribution in [3.8, 4) is 0 Å². The number of fused-ring (bicyclic) bond motifs is 1. The molecule has 5 rings (SSSR count). The van der Waals surface area contributed by atoms with E-state index < -0.39 is 0 Å². The Morgan fingerprint density at radius 2 is 1.83 bits per heavy atom. The number of hydrogen-bond donors (Lipinski definition) is 0. The van der Waals surface area contributed by atoms with E-state index >= 15 is 0 Å². The van der Waals surface area contributed by atoms with E-state index in [9.17, 15) is 4.79 Å². The second kappa shape index (κ2) is 7.66. The summed E-state index contributed by atoms with van der Waals surface area (Å²) in [5.41, 5.74) is 4.62. The number of halogens is 1. The minimum absolute atomic E-state index is 0.0629. The van der Waals surface area contributed by atoms with Crippen molar-refractivity contribution in [1.82, 2.24) is 4.90 Å². The second-order valence-corrected chi connectivity index (χ2v) is 9.03. The topological polar surface area (TPSA) is 26.8 Å². The van der Waals surface area contributed by atoms with Crippen LogP contribution in [0.2, 0.25) is 5.02 Å². The van der Waals surface area contributed by atoms with Gasteiger partial charge in [0.15, 0.2) is 0 Å². The van der Waals surface area contributed by atoms with E-state index in [1.165, 1.54) is 24.1 Å². The third-order valence-electron chi connectivity index (χ3n) is 6.52. The van der Waals surface area contributed by atoms with Crippen LogP contribution in [0.3, 0.4) is 0 Å². The zero-order chi connectivity index (χ0) is 20.0. The van der Waals surface area contributed by atoms with E-state index in [-0.39, 0.29) is 11.9 Å². The lowest BCUT2D eigenvalue weighted by molar-refractivity contribution is -0.123. The van der Waals surface area contributed by atoms with Gasteiger partial charge in [0, 0.05) is 30.7 Å². The Hall–Kier alpha value is -2.04. The molecule has 4 nitrogen and oxygen atoms in total. The largest absolute Gasteiger partial charge is 0.365 e. The molecule has 0 unspecified atom stereocenters. The highest BCUT2D eigenvalue weighted by molar-refractivity contribution is 6.31. The highest BCUT2D eigenvalue weighted by Crippen LogP contribution is 2.40. The molecule has 2 heterocycles. The van der Waals surface area contributed by atoms with E-state index in [0.717, 1.165) is 55.3 Å². The van der Waals surface area contributed by atoms with E-state index in [1.54, 1.807) is 0 Å². The summed E-state index contributed by atoms with van der Waals surface area (Å²) in [6.07, 6.45) is 4.53. The van der Waals surface area contributed by atoms with Gasteiger partial charge in [-0.15, -0.1) is 0 Å². The molecule has 2 aliphatic heterocycles. The number of nitrogens with zero attached hydrogens (tertiary/aromatic N) is 3. The van der Waals surface area contributed by atoms with E-state index in [4.69, 9.17) is 11.6 Å². The molecule has 1 atom stereocenters. The van der Waals surface area contributed by atoms with Gasteiger partial charge in [0.1, 0.15) is 0 Å². The first-order chi connectivity index (χ1) is 14.1. The van der Waals surface area contributed by atoms with Crippen LogP contribution in [0, 0.1) is 6.92 Å². The molecule has 0 bridgehead atoms. The average molecular weight is 410 g/mol. The van der Waals surface area contributed by atoms with Crippen LogP contribution in [0.5, 0.6) is 0 Å². The zero-order valence-electron chi connectivity index (χ0n) is 17.0. The van der Waals surface area contributed by atoms with Crippen molar-refractivity contribution in [1.29, 1.82) is 0 Å². The molecule has 2 fully saturated rings. The Morgan fingerprint density at radius 1 is 1.03 bits per heavy atom. The molecule has 0 spiro atoms. The predicted octanol–water partition coefficient (Wildman–Crippen LogP) is 4.63. The SMILES string of the molecule is Cc1ccc(Cl)c(CN2CCC[C@H]2C(=O)N2CCN(C3CC3)c3ccccc32)c1. The van der Waals surface area contributed by atoms with Gasteiger partial charge in [0.25, 0.3) is 0 Å². The van der Waals surface area contributed by atoms with Crippen LogP contribution >= 0.6 is 11.6 Å². The number of carbonyl (C=O) groups excluding carboxylic acids is 1. The van der Waals surface area contributed by atoms with E-state index in [0.29, 0.717) is 6.04 Å². The number of rotatable bonds is 4. The van der Waals surface area contributed by atoms with Gasteiger partial charge in [-0.1, -0.05) is 41.4 Å². The van der Waals surface area contributed by atoms with Crippen LogP contribution in [0.15, 0.2) is 42.5 Å². The van der Waals surface area contributed by atoms with Gasteiger partial charge in [0.2, 0.25) is 5.91 Å². The van der Waals surface area contributed by atoms with Crippen molar-refractivity contribution in [2.24, 2.45) is 0 Å². The summed E-state index contributed by atoms with van der Waals surface area (Å²) in [6, 6.07) is 15.2. The summed E-state index contributed by atoms with van der Waals surface area (Å²) < 4.78 is 0. The number of amides is 1. The predicted molar refractivity (Wildman–Crippen MR) is 119 cm³/mol. The lowest BCUT2D eigenvalue weighted by Crippen LogP contribution is -2.51. The molecule has 1 saturated carbocycles. The molecule has 152 valence electrons. The minimum Gasteiger partial charge on any atom is -0.365 e. The summed E-state index contributed by atoms with van der Waals surface area (Å²) in [7, 11) is 0. The zero-order valence-corrected chi connectivity index (χ0v) is 17.7. The van der Waals surface area contributed by atoms with E-state index in [2.05, 4.69) is 47.1 Å². The number of anilines is 2. The lowest BCUT2D eigenvalue weighted by Gasteiger charge is -2.40. The lowest BCUT2D eigenvalue weighted by atomic mass is 10.1. The van der Waals surface area contributed by atoms with Crippen LogP contribution in [-0.4, -0.2) is 42.5 Å². The molecule has 0 N–H and O–H groups in total. The molecule has 1 aliphatic carbocycles. The molecule has 2 aromatic rings. The van der Waals surface area contributed by atoms with Gasteiger partial charge < -0.3 is 9.80 Å². The summed E-state index contributed by atoms with van der Waals surface area (Å²) in [5.74, 6) is 0.245. The third-order valence-corrected chi connectivity index (χ3v) is 6.89. The Morgan fingerprint density at radius 3 is 2.62 bits per heavy atom. The smallest absolute Gasteiger partial charge is 0.244 e. The van der Waals surface area contributed by atoms with Crippen molar-refractivity contribution < 1.29 is 4.79 Å². The first-order valence-electron chi connectivity index (χ1n) is 10.8. The third kappa shape index (κ3) is 3.64. The van der Waals surface area contributed by atoms with Gasteiger partial charge in [-0.05, 0) is 62.9 Å². The maximum Gasteiger partial charge on any atom is 0.244 e. The number of para-hydroxylation sites is 2. The molecular weight excluding hydrogens is 382 g/mol. The monoisotopic (exact) mass is 409 g/mol. The molecule has 2 aromatic carbocycles. The molecular formula is C24H28ClN3O. The number of benzene rings is 2. The normalized spacial score (nSPS) is 22.1. The molecule has 3 aliphatic rings. The van der Waals surface area contributed by atoms with Crippen LogP contribution in [-0.2, 0) is 11.3 Å². The van der Waals surface area contributed by atoms with Gasteiger partial charge in [0.05, 0.1) is 17.4 Å². The Bertz CT molecular complexity index is 926. The number of aryl methyl sites for hydroxylation is 1. The van der Waals surface area contributed by atoms with Gasteiger partial charge >= 0.3 is 0 Å². The minimum atomic E-state index is -0.0629. The van der Waals surface area contributed by atoms with Crippen molar-refractivity contribution in [3.63, 3.8) is 0 Å². The van der Waals surface area contributed by atoms with Gasteiger partial charge in [-0.2, -0.15) is 0 Å². The molecule has 29 heavy (non-hydrogen) atoms. The highest BCUT2D eigenvalue weighted by atomic mass is 35.5. The fraction of sp³-hybridized carbons (Fsp3) is 0.458. The first-order valence-corrected chi connectivity index (χ1v) is 11.2. The van der Waals surface area contributed by atoms with Gasteiger partial charge in [-0.3, -0.25) is 9.69 Å². The highest BCUT2D eigenvalue weighted by Gasteiger charge is 2.39. The quantitative estimate of drug-likeness (QED) is 0.736. The summed E-state index contributed by atoms with van der Waals surface area (Å²) in [6.45, 7) is 5.49. The maximum atomic E-state index is 13.6. The van der Waals surface area contributed by atoms with Crippen LogP contribution < -0.4 is 9.80 Å². The van der Waals surface area contributed by atoms with Crippen molar-refractivity contribution in [3.05, 3.63) is 58.6 Å². The fourth-order valence-electron chi connectivity index (χ4n) is 4.90. The number of hydrogen-bond acceptors (Lipinski definition) is 3. The standard InChI is InChI=1S/C24H28ClN3O/c1-17-8-11-20(25)18(15-17)16-26-12-4-7-23(26)24(29)28-14-13-27(19-9-10-19)21-5-2-3-6-22(21)28/h2-3,5-6,8,11,15,19,23H,4,7,9-10,12-14,16H2,1H3/t23-/m0/s1. The fourth-order valence-corrected chi connectivity index (χ4v) is 5.07. The van der Waals surface area contributed by atoms with Crippen molar-refractivity contribution in [2.75, 3.05) is 29.4 Å². The van der Waals surface area contributed by atoms with Crippen LogP contribution in [0.25, 0.3) is 0 Å². The molecule has 1 amide bonds. The Labute approximate surface area is 178 Å². The van der Waals surface area contributed by atoms with Crippen LogP contribution in [0.4, 0.5) is 11.4 Å². The molecule has 1 saturated heterocycles. The number of likely N-dealkylation sites (tertiary alicyclic amines) is 1. The molecule has 0 radical (unpaired) electrons. The summed E-state index contributed by atoms with van der Waals surface area (Å²) >= 11 is 6.44. The molecule has 5 heteroatoms. The second-order valence-electron chi connectivity index (χ2n) is 8.63. The number of carbonyl (C=O) groups is 1. The van der Waals surface area contributed by atoms with Crippen molar-refractivity contribution >= 4 is 28.9 Å². The van der Waals surface area contributed by atoms with Crippen LogP contribution in [0.1, 0.15) is 36.8 Å². The molecule has 0 aromatic heterocycles. The average Bonchev–Trinajstić information content (AvgIpc) is 3.48. The van der Waals surface area contributed by atoms with Gasteiger partial charge in [-0.25, -0.2) is 0 Å². The summed E-state index contributed by atoms with van der Waals surface area (Å²) in [4.78, 5) is 20.5. The Balaban J connectivity index is 1.38.